The van der Waals surface area contributed by atoms with Crippen LogP contribution >= 0.6 is 0 Å². The van der Waals surface area contributed by atoms with E-state index in [0.717, 1.165) is 5.56 Å². The predicted molar refractivity (Wildman–Crippen MR) is 98.1 cm³/mol. The molecule has 0 atom stereocenters. The number of benzene rings is 3. The summed E-state index contributed by atoms with van der Waals surface area (Å²) in [6.45, 7) is 0.325. The Labute approximate surface area is 148 Å². The first kappa shape index (κ1) is 17.2. The van der Waals surface area contributed by atoms with Crippen LogP contribution < -0.4 is 4.74 Å². The Kier molecular flexibility index (Phi) is 5.16. The van der Waals surface area contributed by atoms with Gasteiger partial charge in [-0.2, -0.15) is 4.31 Å². The largest absolute Gasteiger partial charge is 0.457 e. The highest BCUT2D eigenvalue weighted by molar-refractivity contribution is 7.89. The molecule has 0 unspecified atom stereocenters. The van der Waals surface area contributed by atoms with Crippen LogP contribution in [-0.4, -0.2) is 19.8 Å². The van der Waals surface area contributed by atoms with Crippen molar-refractivity contribution < 1.29 is 13.2 Å². The molecule has 0 saturated carbocycles. The first-order valence-corrected chi connectivity index (χ1v) is 9.33. The van der Waals surface area contributed by atoms with Crippen LogP contribution in [0.4, 0.5) is 0 Å². The van der Waals surface area contributed by atoms with Crippen molar-refractivity contribution in [1.82, 2.24) is 4.31 Å². The lowest BCUT2D eigenvalue weighted by Gasteiger charge is -2.17. The highest BCUT2D eigenvalue weighted by Gasteiger charge is 2.20. The highest BCUT2D eigenvalue weighted by Crippen LogP contribution is 2.24. The second kappa shape index (κ2) is 7.51. The van der Waals surface area contributed by atoms with Gasteiger partial charge in [-0.05, 0) is 42.0 Å². The lowest BCUT2D eigenvalue weighted by Crippen LogP contribution is -2.26. The van der Waals surface area contributed by atoms with Gasteiger partial charge in [0.15, 0.2) is 0 Å². The molecule has 0 fully saturated rings. The molecule has 0 aliphatic heterocycles. The Morgan fingerprint density at radius 1 is 0.760 bits per heavy atom. The fraction of sp³-hybridized carbons (Fsp3) is 0.100. The Hall–Kier alpha value is -2.63. The van der Waals surface area contributed by atoms with Crippen molar-refractivity contribution in [3.63, 3.8) is 0 Å². The maximum absolute atomic E-state index is 12.7. The first-order chi connectivity index (χ1) is 12.1. The summed E-state index contributed by atoms with van der Waals surface area (Å²) in [5.74, 6) is 1.30. The van der Waals surface area contributed by atoms with Gasteiger partial charge in [-0.25, -0.2) is 8.42 Å². The van der Waals surface area contributed by atoms with E-state index in [9.17, 15) is 8.42 Å². The topological polar surface area (TPSA) is 46.6 Å². The van der Waals surface area contributed by atoms with E-state index in [1.54, 1.807) is 31.3 Å². The van der Waals surface area contributed by atoms with Crippen molar-refractivity contribution in [1.29, 1.82) is 0 Å². The SMILES string of the molecule is CN(Cc1ccccc1)S(=O)(=O)c1ccc(Oc2ccccc2)cc1. The van der Waals surface area contributed by atoms with E-state index in [4.69, 9.17) is 4.74 Å². The Morgan fingerprint density at radius 2 is 1.28 bits per heavy atom. The molecule has 0 bridgehead atoms. The van der Waals surface area contributed by atoms with Crippen LogP contribution in [0.1, 0.15) is 5.56 Å². The first-order valence-electron chi connectivity index (χ1n) is 7.89. The van der Waals surface area contributed by atoms with Crippen LogP contribution in [0.2, 0.25) is 0 Å². The fourth-order valence-corrected chi connectivity index (χ4v) is 3.57. The molecule has 0 heterocycles. The zero-order valence-corrected chi connectivity index (χ0v) is 14.7. The molecule has 4 nitrogen and oxygen atoms in total. The molecule has 128 valence electrons. The molecule has 3 aromatic carbocycles. The normalized spacial score (nSPS) is 11.4. The molecule has 25 heavy (non-hydrogen) atoms. The van der Waals surface area contributed by atoms with Crippen LogP contribution in [0.5, 0.6) is 11.5 Å². The standard InChI is InChI=1S/C20H19NO3S/c1-21(16-17-8-4-2-5-9-17)25(22,23)20-14-12-19(13-15-20)24-18-10-6-3-7-11-18/h2-15H,16H2,1H3. The average Bonchev–Trinajstić information content (AvgIpc) is 2.64. The van der Waals surface area contributed by atoms with Crippen LogP contribution in [0, 0.1) is 0 Å². The van der Waals surface area contributed by atoms with Crippen molar-refractivity contribution in [3.8, 4) is 11.5 Å². The Bertz CT molecular complexity index is 908. The van der Waals surface area contributed by atoms with Gasteiger partial charge in [-0.1, -0.05) is 48.5 Å². The van der Waals surface area contributed by atoms with E-state index in [0.29, 0.717) is 18.0 Å². The Balaban J connectivity index is 1.74. The molecule has 0 radical (unpaired) electrons. The summed E-state index contributed by atoms with van der Waals surface area (Å²) >= 11 is 0. The minimum Gasteiger partial charge on any atom is -0.457 e. The number of para-hydroxylation sites is 1. The molecule has 0 N–H and O–H groups in total. The number of hydrogen-bond donors (Lipinski definition) is 0. The van der Waals surface area contributed by atoms with Crippen molar-refractivity contribution in [3.05, 3.63) is 90.5 Å². The smallest absolute Gasteiger partial charge is 0.243 e. The molecular weight excluding hydrogens is 334 g/mol. The summed E-state index contributed by atoms with van der Waals surface area (Å²) in [5, 5.41) is 0. The molecule has 3 rings (SSSR count). The van der Waals surface area contributed by atoms with E-state index in [2.05, 4.69) is 0 Å². The molecule has 0 saturated heterocycles. The molecular formula is C20H19NO3S. The maximum Gasteiger partial charge on any atom is 0.243 e. The maximum atomic E-state index is 12.7. The lowest BCUT2D eigenvalue weighted by molar-refractivity contribution is 0.465. The molecule has 0 amide bonds. The van der Waals surface area contributed by atoms with Gasteiger partial charge in [-0.15, -0.1) is 0 Å². The van der Waals surface area contributed by atoms with Gasteiger partial charge >= 0.3 is 0 Å². The highest BCUT2D eigenvalue weighted by atomic mass is 32.2. The number of nitrogens with zero attached hydrogens (tertiary/aromatic N) is 1. The van der Waals surface area contributed by atoms with E-state index in [1.807, 2.05) is 60.7 Å². The van der Waals surface area contributed by atoms with Crippen LogP contribution in [-0.2, 0) is 16.6 Å². The fourth-order valence-electron chi connectivity index (χ4n) is 2.41. The molecule has 0 aliphatic rings. The van der Waals surface area contributed by atoms with Crippen molar-refractivity contribution in [2.45, 2.75) is 11.4 Å². The average molecular weight is 353 g/mol. The predicted octanol–water partition coefficient (Wildman–Crippen LogP) is 4.30. The van der Waals surface area contributed by atoms with Crippen LogP contribution in [0.3, 0.4) is 0 Å². The molecule has 5 heteroatoms. The third-order valence-electron chi connectivity index (χ3n) is 3.76. The number of ether oxygens (including phenoxy) is 1. The lowest BCUT2D eigenvalue weighted by atomic mass is 10.2. The van der Waals surface area contributed by atoms with Gasteiger partial charge in [0.05, 0.1) is 4.90 Å². The zero-order valence-electron chi connectivity index (χ0n) is 13.9. The zero-order chi connectivity index (χ0) is 17.7. The third-order valence-corrected chi connectivity index (χ3v) is 5.58. The third kappa shape index (κ3) is 4.26. The summed E-state index contributed by atoms with van der Waals surface area (Å²) in [7, 11) is -1.97. The quantitative estimate of drug-likeness (QED) is 0.664. The Morgan fingerprint density at radius 3 is 1.88 bits per heavy atom. The summed E-state index contributed by atoms with van der Waals surface area (Å²) in [4.78, 5) is 0.242. The van der Waals surface area contributed by atoms with E-state index >= 15 is 0 Å². The van der Waals surface area contributed by atoms with Gasteiger partial charge in [0.25, 0.3) is 0 Å². The van der Waals surface area contributed by atoms with Crippen molar-refractivity contribution >= 4 is 10.0 Å². The molecule has 3 aromatic rings. The number of rotatable bonds is 6. The van der Waals surface area contributed by atoms with Crippen molar-refractivity contribution in [2.75, 3.05) is 7.05 Å². The summed E-state index contributed by atoms with van der Waals surface area (Å²) in [6.07, 6.45) is 0. The van der Waals surface area contributed by atoms with E-state index in [1.165, 1.54) is 4.31 Å². The van der Waals surface area contributed by atoms with Gasteiger partial charge < -0.3 is 4.74 Å². The van der Waals surface area contributed by atoms with E-state index in [-0.39, 0.29) is 4.90 Å². The number of hydrogen-bond acceptors (Lipinski definition) is 3. The molecule has 0 aromatic heterocycles. The monoisotopic (exact) mass is 353 g/mol. The van der Waals surface area contributed by atoms with Crippen LogP contribution in [0.15, 0.2) is 89.8 Å². The van der Waals surface area contributed by atoms with Gasteiger partial charge in [0.2, 0.25) is 10.0 Å². The van der Waals surface area contributed by atoms with Gasteiger partial charge in [0.1, 0.15) is 11.5 Å². The molecule has 0 spiro atoms. The summed E-state index contributed by atoms with van der Waals surface area (Å²) < 4.78 is 32.4. The number of sulfonamides is 1. The minimum atomic E-state index is -3.55. The minimum absolute atomic E-state index is 0.242. The molecule has 0 aliphatic carbocycles. The van der Waals surface area contributed by atoms with E-state index < -0.39 is 10.0 Å². The van der Waals surface area contributed by atoms with Gasteiger partial charge in [-0.3, -0.25) is 0 Å². The summed E-state index contributed by atoms with van der Waals surface area (Å²) in [6, 6.07) is 25.3. The van der Waals surface area contributed by atoms with Crippen molar-refractivity contribution in [2.24, 2.45) is 0 Å². The van der Waals surface area contributed by atoms with Crippen LogP contribution in [0.25, 0.3) is 0 Å². The van der Waals surface area contributed by atoms with Gasteiger partial charge in [0, 0.05) is 13.6 Å². The summed E-state index contributed by atoms with van der Waals surface area (Å²) in [5.41, 5.74) is 0.942. The second-order valence-corrected chi connectivity index (χ2v) is 7.68. The second-order valence-electron chi connectivity index (χ2n) is 5.63.